The zero-order chi connectivity index (χ0) is 22.6. The largest absolute Gasteiger partial charge is 0.336 e. The van der Waals surface area contributed by atoms with Gasteiger partial charge in [-0.05, 0) is 26.7 Å². The number of nitrogens with zero attached hydrogens (tertiary/aromatic N) is 6. The SMILES string of the molecule is CC(C)NC(=O)N1CC[C@@]2(CCn3c2nc2c(c3=O)CN(C(=O)c3cnn(C)c3)CC2)C1. The van der Waals surface area contributed by atoms with Gasteiger partial charge in [-0.1, -0.05) is 0 Å². The number of hydrogen-bond acceptors (Lipinski definition) is 5. The van der Waals surface area contributed by atoms with Gasteiger partial charge in [0.15, 0.2) is 0 Å². The van der Waals surface area contributed by atoms with Crippen LogP contribution in [0.5, 0.6) is 0 Å². The molecule has 10 heteroatoms. The highest BCUT2D eigenvalue weighted by atomic mass is 16.2. The molecule has 5 rings (SSSR count). The molecule has 3 amide bonds. The van der Waals surface area contributed by atoms with E-state index in [4.69, 9.17) is 4.98 Å². The minimum atomic E-state index is -0.259. The van der Waals surface area contributed by atoms with E-state index in [2.05, 4.69) is 10.4 Å². The number of amides is 3. The highest BCUT2D eigenvalue weighted by molar-refractivity contribution is 5.93. The van der Waals surface area contributed by atoms with Gasteiger partial charge in [0.1, 0.15) is 5.82 Å². The number of fused-ring (bicyclic) bond motifs is 3. The monoisotopic (exact) mass is 439 g/mol. The van der Waals surface area contributed by atoms with Gasteiger partial charge in [-0.2, -0.15) is 5.10 Å². The minimum absolute atomic E-state index is 0.0457. The van der Waals surface area contributed by atoms with Crippen LogP contribution >= 0.6 is 0 Å². The van der Waals surface area contributed by atoms with Crippen LogP contribution < -0.4 is 10.9 Å². The van der Waals surface area contributed by atoms with Crippen molar-refractivity contribution in [3.8, 4) is 0 Å². The van der Waals surface area contributed by atoms with Gasteiger partial charge >= 0.3 is 6.03 Å². The summed E-state index contributed by atoms with van der Waals surface area (Å²) >= 11 is 0. The maximum atomic E-state index is 13.4. The lowest BCUT2D eigenvalue weighted by atomic mass is 9.85. The summed E-state index contributed by atoms with van der Waals surface area (Å²) in [5.41, 5.74) is 1.63. The highest BCUT2D eigenvalue weighted by Gasteiger charge is 2.48. The number of carbonyl (C=O) groups is 2. The molecule has 32 heavy (non-hydrogen) atoms. The van der Waals surface area contributed by atoms with Gasteiger partial charge in [0.05, 0.1) is 29.6 Å². The second-order valence-corrected chi connectivity index (χ2v) is 9.50. The number of rotatable bonds is 2. The van der Waals surface area contributed by atoms with Gasteiger partial charge in [0, 0.05) is 57.3 Å². The van der Waals surface area contributed by atoms with Crippen molar-refractivity contribution in [2.75, 3.05) is 19.6 Å². The number of nitrogens with one attached hydrogen (secondary N) is 1. The maximum absolute atomic E-state index is 13.4. The summed E-state index contributed by atoms with van der Waals surface area (Å²) in [6, 6.07) is 0.0280. The fourth-order valence-corrected chi connectivity index (χ4v) is 5.22. The molecule has 5 heterocycles. The Morgan fingerprint density at radius 1 is 1.16 bits per heavy atom. The van der Waals surface area contributed by atoms with Crippen molar-refractivity contribution in [1.82, 2.24) is 34.4 Å². The summed E-state index contributed by atoms with van der Waals surface area (Å²) in [5, 5.41) is 7.04. The molecule has 2 aromatic heterocycles. The van der Waals surface area contributed by atoms with Crippen LogP contribution in [0.3, 0.4) is 0 Å². The van der Waals surface area contributed by atoms with E-state index in [1.54, 1.807) is 33.6 Å². The molecular weight excluding hydrogens is 410 g/mol. The molecule has 0 radical (unpaired) electrons. The van der Waals surface area contributed by atoms with Crippen molar-refractivity contribution in [1.29, 1.82) is 0 Å². The number of hydrogen-bond donors (Lipinski definition) is 1. The summed E-state index contributed by atoms with van der Waals surface area (Å²) in [7, 11) is 1.77. The first kappa shape index (κ1) is 20.7. The van der Waals surface area contributed by atoms with Crippen molar-refractivity contribution in [2.45, 2.75) is 57.7 Å². The fraction of sp³-hybridized carbons (Fsp3) is 0.591. The molecule has 10 nitrogen and oxygen atoms in total. The molecule has 1 N–H and O–H groups in total. The van der Waals surface area contributed by atoms with Crippen LogP contribution in [0, 0.1) is 0 Å². The molecule has 1 atom stereocenters. The Morgan fingerprint density at radius 3 is 2.66 bits per heavy atom. The third-order valence-electron chi connectivity index (χ3n) is 6.90. The Labute approximate surface area is 186 Å². The zero-order valence-electron chi connectivity index (χ0n) is 18.8. The summed E-state index contributed by atoms with van der Waals surface area (Å²) in [6.45, 7) is 6.54. The van der Waals surface area contributed by atoms with Crippen LogP contribution in [0.2, 0.25) is 0 Å². The standard InChI is InChI=1S/C22H29N7O3/c1-14(2)24-21(32)28-8-5-22(13-28)6-9-29-19(31)16-12-27(7-4-17(16)25-20(22)29)18(30)15-10-23-26(3)11-15/h10-11,14H,4-9,12-13H2,1-3H3,(H,24,32)/t22-/m1/s1. The van der Waals surface area contributed by atoms with Gasteiger partial charge in [0.2, 0.25) is 0 Å². The molecule has 0 saturated carbocycles. The first-order valence-corrected chi connectivity index (χ1v) is 11.2. The molecular formula is C22H29N7O3. The molecule has 2 aromatic rings. The summed E-state index contributed by atoms with van der Waals surface area (Å²) in [4.78, 5) is 47.3. The van der Waals surface area contributed by atoms with Crippen molar-refractivity contribution >= 4 is 11.9 Å². The molecule has 0 aliphatic carbocycles. The van der Waals surface area contributed by atoms with Crippen LogP contribution in [0.25, 0.3) is 0 Å². The van der Waals surface area contributed by atoms with Crippen LogP contribution in [-0.2, 0) is 32.0 Å². The van der Waals surface area contributed by atoms with E-state index in [0.29, 0.717) is 43.7 Å². The first-order chi connectivity index (χ1) is 15.3. The lowest BCUT2D eigenvalue weighted by Gasteiger charge is -2.29. The lowest BCUT2D eigenvalue weighted by Crippen LogP contribution is -2.44. The van der Waals surface area contributed by atoms with Crippen molar-refractivity contribution < 1.29 is 9.59 Å². The maximum Gasteiger partial charge on any atom is 0.317 e. The van der Waals surface area contributed by atoms with Crippen molar-refractivity contribution in [2.24, 2.45) is 7.05 Å². The Hall–Kier alpha value is -3.17. The van der Waals surface area contributed by atoms with E-state index in [0.717, 1.165) is 24.4 Å². The molecule has 0 unspecified atom stereocenters. The molecule has 0 aromatic carbocycles. The minimum Gasteiger partial charge on any atom is -0.336 e. The number of aromatic nitrogens is 4. The topological polar surface area (TPSA) is 105 Å². The quantitative estimate of drug-likeness (QED) is 0.739. The third kappa shape index (κ3) is 3.28. The normalized spacial score (nSPS) is 21.9. The number of carbonyl (C=O) groups excluding carboxylic acids is 2. The fourth-order valence-electron chi connectivity index (χ4n) is 5.22. The Bertz CT molecular complexity index is 1150. The average molecular weight is 440 g/mol. The number of likely N-dealkylation sites (tertiary alicyclic amines) is 1. The summed E-state index contributed by atoms with van der Waals surface area (Å²) in [6.07, 6.45) is 5.42. The van der Waals surface area contributed by atoms with Gasteiger partial charge in [-0.15, -0.1) is 0 Å². The predicted octanol–water partition coefficient (Wildman–Crippen LogP) is 0.641. The highest BCUT2D eigenvalue weighted by Crippen LogP contribution is 2.41. The zero-order valence-corrected chi connectivity index (χ0v) is 18.8. The Morgan fingerprint density at radius 2 is 1.94 bits per heavy atom. The van der Waals surface area contributed by atoms with E-state index >= 15 is 0 Å². The van der Waals surface area contributed by atoms with Gasteiger partial charge in [0.25, 0.3) is 11.5 Å². The molecule has 3 aliphatic rings. The van der Waals surface area contributed by atoms with E-state index < -0.39 is 0 Å². The van der Waals surface area contributed by atoms with Gasteiger partial charge in [-0.3, -0.25) is 18.8 Å². The van der Waals surface area contributed by atoms with E-state index in [9.17, 15) is 14.4 Å². The average Bonchev–Trinajstić information content (AvgIpc) is 3.47. The number of aryl methyl sites for hydroxylation is 1. The summed E-state index contributed by atoms with van der Waals surface area (Å²) in [5.74, 6) is 0.695. The van der Waals surface area contributed by atoms with Crippen LogP contribution in [0.15, 0.2) is 17.2 Å². The molecule has 1 saturated heterocycles. The molecule has 1 fully saturated rings. The van der Waals surface area contributed by atoms with Crippen LogP contribution in [-0.4, -0.2) is 66.7 Å². The smallest absolute Gasteiger partial charge is 0.317 e. The second-order valence-electron chi connectivity index (χ2n) is 9.50. The molecule has 170 valence electrons. The van der Waals surface area contributed by atoms with Gasteiger partial charge in [-0.25, -0.2) is 9.78 Å². The van der Waals surface area contributed by atoms with Crippen LogP contribution in [0.4, 0.5) is 4.79 Å². The Balaban J connectivity index is 1.40. The molecule has 1 spiro atoms. The molecule has 0 bridgehead atoms. The van der Waals surface area contributed by atoms with E-state index in [1.807, 2.05) is 18.7 Å². The molecule has 3 aliphatic heterocycles. The van der Waals surface area contributed by atoms with E-state index in [-0.39, 0.29) is 35.5 Å². The Kier molecular flexibility index (Phi) is 4.83. The first-order valence-electron chi connectivity index (χ1n) is 11.2. The lowest BCUT2D eigenvalue weighted by molar-refractivity contribution is 0.0732. The number of urea groups is 1. The third-order valence-corrected chi connectivity index (χ3v) is 6.90. The van der Waals surface area contributed by atoms with E-state index in [1.165, 1.54) is 0 Å². The predicted molar refractivity (Wildman–Crippen MR) is 116 cm³/mol. The second kappa shape index (κ2) is 7.46. The van der Waals surface area contributed by atoms with Crippen molar-refractivity contribution in [3.05, 3.63) is 45.4 Å². The van der Waals surface area contributed by atoms with Crippen LogP contribution in [0.1, 0.15) is 54.1 Å². The summed E-state index contributed by atoms with van der Waals surface area (Å²) < 4.78 is 3.38. The van der Waals surface area contributed by atoms with Crippen molar-refractivity contribution in [3.63, 3.8) is 0 Å². The van der Waals surface area contributed by atoms with Gasteiger partial charge < -0.3 is 15.1 Å².